The number of benzene rings is 2. The molecule has 0 aliphatic carbocycles. The first-order valence-corrected chi connectivity index (χ1v) is 9.45. The number of hydrogen-bond donors (Lipinski definition) is 0. The van der Waals surface area contributed by atoms with Crippen LogP contribution in [0.25, 0.3) is 16.6 Å². The molecule has 1 amide bonds. The summed E-state index contributed by atoms with van der Waals surface area (Å²) in [5.74, 6) is -0.219. The number of carbonyl (C=O) groups is 1. The molecule has 0 saturated carbocycles. The Morgan fingerprint density at radius 2 is 1.75 bits per heavy atom. The van der Waals surface area contributed by atoms with Crippen LogP contribution in [0.2, 0.25) is 0 Å². The number of amides is 1. The third kappa shape index (κ3) is 2.78. The summed E-state index contributed by atoms with van der Waals surface area (Å²) in [6.45, 7) is 6.91. The molecule has 2 heterocycles. The van der Waals surface area contributed by atoms with Crippen LogP contribution in [-0.4, -0.2) is 26.6 Å². The van der Waals surface area contributed by atoms with Gasteiger partial charge in [0.15, 0.2) is 5.69 Å². The van der Waals surface area contributed by atoms with E-state index in [9.17, 15) is 9.59 Å². The quantitative estimate of drug-likeness (QED) is 0.548. The molecular formula is C22H22N4O2. The second-order valence-corrected chi connectivity index (χ2v) is 6.75. The zero-order chi connectivity index (χ0) is 19.8. The van der Waals surface area contributed by atoms with E-state index >= 15 is 0 Å². The van der Waals surface area contributed by atoms with Gasteiger partial charge in [-0.15, -0.1) is 0 Å². The fourth-order valence-electron chi connectivity index (χ4n) is 3.63. The first-order valence-electron chi connectivity index (χ1n) is 9.45. The number of para-hydroxylation sites is 2. The van der Waals surface area contributed by atoms with Crippen molar-refractivity contribution in [3.8, 4) is 0 Å². The van der Waals surface area contributed by atoms with E-state index in [1.807, 2.05) is 69.3 Å². The van der Waals surface area contributed by atoms with Gasteiger partial charge in [-0.1, -0.05) is 24.3 Å². The van der Waals surface area contributed by atoms with E-state index in [-0.39, 0.29) is 17.2 Å². The summed E-state index contributed by atoms with van der Waals surface area (Å²) in [7, 11) is 0. The first-order chi connectivity index (χ1) is 13.5. The Bertz CT molecular complexity index is 1250. The normalized spacial score (nSPS) is 11.2. The molecule has 2 aromatic heterocycles. The molecule has 6 heteroatoms. The van der Waals surface area contributed by atoms with Crippen LogP contribution in [0, 0.1) is 6.92 Å². The molecule has 0 radical (unpaired) electrons. The standard InChI is InChI=1S/C22H22N4O2/c1-4-24(16-10-8-9-15(3)13-16)21(27)17-14-20-22(28)25(5-2)18-11-6-7-12-19(18)26(20)23-17/h6-14H,4-5H2,1-3H3. The van der Waals surface area contributed by atoms with Gasteiger partial charge < -0.3 is 9.47 Å². The average molecular weight is 374 g/mol. The summed E-state index contributed by atoms with van der Waals surface area (Å²) >= 11 is 0. The molecule has 2 aromatic carbocycles. The van der Waals surface area contributed by atoms with Gasteiger partial charge in [0.2, 0.25) is 0 Å². The molecule has 0 bridgehead atoms. The average Bonchev–Trinajstić information content (AvgIpc) is 3.15. The summed E-state index contributed by atoms with van der Waals surface area (Å²) in [6, 6.07) is 17.0. The van der Waals surface area contributed by atoms with Crippen LogP contribution in [0.3, 0.4) is 0 Å². The van der Waals surface area contributed by atoms with Crippen LogP contribution in [0.4, 0.5) is 5.69 Å². The van der Waals surface area contributed by atoms with Crippen molar-refractivity contribution in [2.24, 2.45) is 0 Å². The number of fused-ring (bicyclic) bond motifs is 3. The minimum absolute atomic E-state index is 0.147. The number of carbonyl (C=O) groups excluding carboxylic acids is 1. The first kappa shape index (κ1) is 18.0. The fourth-order valence-corrected chi connectivity index (χ4v) is 3.63. The number of hydrogen-bond acceptors (Lipinski definition) is 3. The highest BCUT2D eigenvalue weighted by molar-refractivity contribution is 6.05. The van der Waals surface area contributed by atoms with Gasteiger partial charge in [-0.2, -0.15) is 5.10 Å². The Hall–Kier alpha value is -3.41. The smallest absolute Gasteiger partial charge is 0.278 e. The Labute approximate surface area is 162 Å². The lowest BCUT2D eigenvalue weighted by molar-refractivity contribution is 0.0983. The van der Waals surface area contributed by atoms with Crippen LogP contribution in [0.5, 0.6) is 0 Å². The van der Waals surface area contributed by atoms with Crippen LogP contribution < -0.4 is 10.5 Å². The highest BCUT2D eigenvalue weighted by atomic mass is 16.2. The molecule has 0 atom stereocenters. The Balaban J connectivity index is 1.90. The lowest BCUT2D eigenvalue weighted by atomic mass is 10.2. The lowest BCUT2D eigenvalue weighted by Crippen LogP contribution is -2.31. The van der Waals surface area contributed by atoms with Gasteiger partial charge in [-0.3, -0.25) is 9.59 Å². The molecule has 4 aromatic rings. The predicted molar refractivity (Wildman–Crippen MR) is 111 cm³/mol. The minimum atomic E-state index is -0.219. The van der Waals surface area contributed by atoms with Crippen LogP contribution >= 0.6 is 0 Å². The maximum Gasteiger partial charge on any atom is 0.278 e. The van der Waals surface area contributed by atoms with Gasteiger partial charge in [-0.25, -0.2) is 4.52 Å². The molecule has 142 valence electrons. The monoisotopic (exact) mass is 374 g/mol. The highest BCUT2D eigenvalue weighted by Gasteiger charge is 2.21. The zero-order valence-corrected chi connectivity index (χ0v) is 16.2. The largest absolute Gasteiger partial charge is 0.307 e. The van der Waals surface area contributed by atoms with E-state index in [2.05, 4.69) is 5.10 Å². The summed E-state index contributed by atoms with van der Waals surface area (Å²) < 4.78 is 3.29. The van der Waals surface area contributed by atoms with E-state index in [1.54, 1.807) is 20.0 Å². The molecule has 6 nitrogen and oxygen atoms in total. The van der Waals surface area contributed by atoms with Gasteiger partial charge in [0.05, 0.1) is 11.0 Å². The van der Waals surface area contributed by atoms with Crippen molar-refractivity contribution >= 4 is 28.1 Å². The lowest BCUT2D eigenvalue weighted by Gasteiger charge is -2.20. The van der Waals surface area contributed by atoms with Gasteiger partial charge in [0.25, 0.3) is 11.5 Å². The summed E-state index contributed by atoms with van der Waals surface area (Å²) in [5, 5.41) is 4.51. The van der Waals surface area contributed by atoms with Gasteiger partial charge in [0.1, 0.15) is 5.52 Å². The van der Waals surface area contributed by atoms with Crippen molar-refractivity contribution in [2.75, 3.05) is 11.4 Å². The number of rotatable bonds is 4. The van der Waals surface area contributed by atoms with E-state index in [1.165, 1.54) is 0 Å². The van der Waals surface area contributed by atoms with E-state index in [4.69, 9.17) is 0 Å². The molecule has 4 rings (SSSR count). The molecular weight excluding hydrogens is 352 g/mol. The van der Waals surface area contributed by atoms with Crippen molar-refractivity contribution in [3.05, 3.63) is 76.2 Å². The van der Waals surface area contributed by atoms with Crippen molar-refractivity contribution in [1.82, 2.24) is 14.2 Å². The van der Waals surface area contributed by atoms with Gasteiger partial charge >= 0.3 is 0 Å². The number of nitrogens with zero attached hydrogens (tertiary/aromatic N) is 4. The van der Waals surface area contributed by atoms with Gasteiger partial charge in [0, 0.05) is 24.8 Å². The molecule has 0 unspecified atom stereocenters. The molecule has 0 aliphatic heterocycles. The molecule has 0 fully saturated rings. The molecule has 0 spiro atoms. The zero-order valence-electron chi connectivity index (χ0n) is 16.2. The Kier molecular flexibility index (Phi) is 4.47. The Morgan fingerprint density at radius 1 is 1.00 bits per heavy atom. The van der Waals surface area contributed by atoms with Crippen LogP contribution in [0.1, 0.15) is 29.9 Å². The van der Waals surface area contributed by atoms with Crippen molar-refractivity contribution in [2.45, 2.75) is 27.3 Å². The van der Waals surface area contributed by atoms with Crippen LogP contribution in [-0.2, 0) is 6.54 Å². The van der Waals surface area contributed by atoms with Crippen LogP contribution in [0.15, 0.2) is 59.4 Å². The topological polar surface area (TPSA) is 59.6 Å². The van der Waals surface area contributed by atoms with E-state index in [0.717, 1.165) is 22.3 Å². The number of aromatic nitrogens is 3. The predicted octanol–water partition coefficient (Wildman–Crippen LogP) is 3.64. The summed E-state index contributed by atoms with van der Waals surface area (Å²) in [4.78, 5) is 27.8. The highest BCUT2D eigenvalue weighted by Crippen LogP contribution is 2.20. The molecule has 0 N–H and O–H groups in total. The molecule has 28 heavy (non-hydrogen) atoms. The SMILES string of the molecule is CCN(C(=O)c1cc2c(=O)n(CC)c3ccccc3n2n1)c1cccc(C)c1. The molecule has 0 saturated heterocycles. The van der Waals surface area contributed by atoms with Crippen molar-refractivity contribution in [3.63, 3.8) is 0 Å². The second kappa shape index (κ2) is 6.96. The van der Waals surface area contributed by atoms with E-state index < -0.39 is 0 Å². The fraction of sp³-hybridized carbons (Fsp3) is 0.227. The van der Waals surface area contributed by atoms with Gasteiger partial charge in [-0.05, 0) is 50.6 Å². The summed E-state index contributed by atoms with van der Waals surface area (Å²) in [5.41, 5.74) is 4.03. The molecule has 0 aliphatic rings. The minimum Gasteiger partial charge on any atom is -0.307 e. The van der Waals surface area contributed by atoms with Crippen molar-refractivity contribution < 1.29 is 4.79 Å². The van der Waals surface area contributed by atoms with E-state index in [0.29, 0.717) is 18.6 Å². The third-order valence-electron chi connectivity index (χ3n) is 4.98. The third-order valence-corrected chi connectivity index (χ3v) is 4.98. The maximum absolute atomic E-state index is 13.2. The van der Waals surface area contributed by atoms with Crippen molar-refractivity contribution in [1.29, 1.82) is 0 Å². The number of anilines is 1. The second-order valence-electron chi connectivity index (χ2n) is 6.75. The maximum atomic E-state index is 13.2. The summed E-state index contributed by atoms with van der Waals surface area (Å²) in [6.07, 6.45) is 0. The number of aryl methyl sites for hydroxylation is 2. The Morgan fingerprint density at radius 3 is 2.43 bits per heavy atom.